The number of sulfone groups is 1. The first-order chi connectivity index (χ1) is 10.2. The number of rotatable bonds is 8. The summed E-state index contributed by atoms with van der Waals surface area (Å²) >= 11 is 5.89. The van der Waals surface area contributed by atoms with Crippen LogP contribution in [0.5, 0.6) is 5.75 Å². The van der Waals surface area contributed by atoms with E-state index in [1.807, 2.05) is 0 Å². The zero-order valence-electron chi connectivity index (χ0n) is 12.7. The second-order valence-electron chi connectivity index (χ2n) is 4.67. The summed E-state index contributed by atoms with van der Waals surface area (Å²) in [7, 11) is -1.70. The first kappa shape index (κ1) is 21.9. The van der Waals surface area contributed by atoms with E-state index in [9.17, 15) is 13.2 Å². The zero-order valence-corrected chi connectivity index (χ0v) is 15.1. The summed E-state index contributed by atoms with van der Waals surface area (Å²) in [6.07, 6.45) is 1.12. The Kier molecular flexibility index (Phi) is 9.48. The molecule has 0 fully saturated rings. The van der Waals surface area contributed by atoms with Crippen LogP contribution in [0.2, 0.25) is 5.02 Å². The van der Waals surface area contributed by atoms with E-state index in [2.05, 4.69) is 5.32 Å². The minimum Gasteiger partial charge on any atom is -0.490 e. The van der Waals surface area contributed by atoms with E-state index in [1.165, 1.54) is 13.2 Å². The molecule has 1 aromatic rings. The molecule has 1 aromatic carbocycles. The average molecular weight is 387 g/mol. The van der Waals surface area contributed by atoms with Gasteiger partial charge < -0.3 is 20.5 Å². The molecule has 0 aliphatic rings. The molecule has 7 nitrogen and oxygen atoms in total. The summed E-state index contributed by atoms with van der Waals surface area (Å²) < 4.78 is 32.4. The van der Waals surface area contributed by atoms with E-state index < -0.39 is 21.8 Å². The first-order valence-corrected chi connectivity index (χ1v) is 8.82. The molecule has 0 aliphatic carbocycles. The zero-order chi connectivity index (χ0) is 16.8. The van der Waals surface area contributed by atoms with Crippen molar-refractivity contribution < 1.29 is 22.7 Å². The Hall–Kier alpha value is -1.06. The molecule has 0 saturated heterocycles. The van der Waals surface area contributed by atoms with Gasteiger partial charge in [0.25, 0.3) is 0 Å². The molecule has 0 aliphatic heterocycles. The monoisotopic (exact) mass is 386 g/mol. The van der Waals surface area contributed by atoms with Crippen molar-refractivity contribution in [1.29, 1.82) is 0 Å². The summed E-state index contributed by atoms with van der Waals surface area (Å²) in [5.74, 6) is -0.283. The number of anilines is 1. The number of nitrogens with one attached hydrogen (secondary N) is 1. The fourth-order valence-corrected chi connectivity index (χ4v) is 2.07. The van der Waals surface area contributed by atoms with E-state index in [1.54, 1.807) is 12.1 Å². The molecule has 1 atom stereocenters. The van der Waals surface area contributed by atoms with Crippen LogP contribution in [0.4, 0.5) is 5.69 Å². The molecule has 1 amide bonds. The van der Waals surface area contributed by atoms with Crippen molar-refractivity contribution in [2.45, 2.75) is 6.04 Å². The van der Waals surface area contributed by atoms with Gasteiger partial charge in [-0.15, -0.1) is 12.4 Å². The molecule has 0 aromatic heterocycles. The van der Waals surface area contributed by atoms with E-state index in [4.69, 9.17) is 26.8 Å². The van der Waals surface area contributed by atoms with Crippen molar-refractivity contribution in [1.82, 2.24) is 0 Å². The molecule has 0 saturated carbocycles. The highest BCUT2D eigenvalue weighted by Crippen LogP contribution is 2.28. The molecule has 0 spiro atoms. The number of hydrogen-bond acceptors (Lipinski definition) is 6. The lowest BCUT2D eigenvalue weighted by molar-refractivity contribution is -0.118. The van der Waals surface area contributed by atoms with Gasteiger partial charge in [0.2, 0.25) is 5.91 Å². The molecule has 23 heavy (non-hydrogen) atoms. The number of carbonyl (C=O) groups excluding carboxylic acids is 1. The summed E-state index contributed by atoms with van der Waals surface area (Å²) in [6, 6.07) is 3.77. The maximum absolute atomic E-state index is 11.9. The van der Waals surface area contributed by atoms with Crippen LogP contribution in [-0.4, -0.2) is 52.7 Å². The van der Waals surface area contributed by atoms with Gasteiger partial charge in [0, 0.05) is 18.4 Å². The van der Waals surface area contributed by atoms with E-state index >= 15 is 0 Å². The third-order valence-corrected chi connectivity index (χ3v) is 3.74. The first-order valence-electron chi connectivity index (χ1n) is 6.38. The normalized spacial score (nSPS) is 12.2. The van der Waals surface area contributed by atoms with Gasteiger partial charge in [-0.2, -0.15) is 0 Å². The van der Waals surface area contributed by atoms with Crippen LogP contribution in [0.3, 0.4) is 0 Å². The number of carbonyl (C=O) groups is 1. The molecule has 0 bridgehead atoms. The van der Waals surface area contributed by atoms with Gasteiger partial charge in [0.1, 0.15) is 18.4 Å². The summed E-state index contributed by atoms with van der Waals surface area (Å²) in [4.78, 5) is 11.9. The van der Waals surface area contributed by atoms with Gasteiger partial charge in [0.05, 0.1) is 18.0 Å². The maximum Gasteiger partial charge on any atom is 0.243 e. The van der Waals surface area contributed by atoms with Crippen LogP contribution >= 0.6 is 24.0 Å². The third-order valence-electron chi connectivity index (χ3n) is 2.59. The van der Waals surface area contributed by atoms with Gasteiger partial charge in [-0.3, -0.25) is 4.79 Å². The fraction of sp³-hybridized carbons (Fsp3) is 0.462. The highest BCUT2D eigenvalue weighted by Gasteiger charge is 2.16. The van der Waals surface area contributed by atoms with Crippen LogP contribution < -0.4 is 15.8 Å². The Labute approximate surface area is 146 Å². The van der Waals surface area contributed by atoms with Gasteiger partial charge in [-0.25, -0.2) is 8.42 Å². The molecule has 1 rings (SSSR count). The molecule has 0 heterocycles. The van der Waals surface area contributed by atoms with Crippen LogP contribution in [0.1, 0.15) is 0 Å². The molecule has 1 unspecified atom stereocenters. The smallest absolute Gasteiger partial charge is 0.243 e. The van der Waals surface area contributed by atoms with Crippen molar-refractivity contribution in [3.05, 3.63) is 23.2 Å². The second-order valence-corrected chi connectivity index (χ2v) is 7.37. The molecule has 10 heteroatoms. The SMILES string of the molecule is COCC(N)C(=O)Nc1cc(Cl)ccc1OCCS(C)(=O)=O.Cl. The van der Waals surface area contributed by atoms with Crippen molar-refractivity contribution in [2.24, 2.45) is 5.73 Å². The van der Waals surface area contributed by atoms with E-state index in [0.29, 0.717) is 16.5 Å². The molecular weight excluding hydrogens is 367 g/mol. The van der Waals surface area contributed by atoms with Gasteiger partial charge in [-0.1, -0.05) is 11.6 Å². The number of benzene rings is 1. The Morgan fingerprint density at radius 2 is 2.09 bits per heavy atom. The summed E-state index contributed by atoms with van der Waals surface area (Å²) in [5, 5.41) is 2.98. The van der Waals surface area contributed by atoms with Gasteiger partial charge in [0.15, 0.2) is 9.84 Å². The standard InChI is InChI=1S/C13H19ClN2O5S.ClH/c1-20-8-10(15)13(17)16-11-7-9(14)3-4-12(11)21-5-6-22(2,18)19;/h3-4,7,10H,5-6,8,15H2,1-2H3,(H,16,17);1H. The van der Waals surface area contributed by atoms with E-state index in [0.717, 1.165) is 6.26 Å². The molecule has 0 radical (unpaired) electrons. The Balaban J connectivity index is 0.00000484. The highest BCUT2D eigenvalue weighted by molar-refractivity contribution is 7.90. The summed E-state index contributed by atoms with van der Waals surface area (Å²) in [5.41, 5.74) is 5.95. The quantitative estimate of drug-likeness (QED) is 0.692. The Bertz CT molecular complexity index is 625. The highest BCUT2D eigenvalue weighted by atomic mass is 35.5. The topological polar surface area (TPSA) is 108 Å². The van der Waals surface area contributed by atoms with Crippen LogP contribution in [-0.2, 0) is 19.4 Å². The number of hydrogen-bond donors (Lipinski definition) is 2. The van der Waals surface area contributed by atoms with Gasteiger partial charge in [-0.05, 0) is 18.2 Å². The second kappa shape index (κ2) is 9.94. The maximum atomic E-state index is 11.9. The van der Waals surface area contributed by atoms with E-state index in [-0.39, 0.29) is 31.4 Å². The van der Waals surface area contributed by atoms with Crippen molar-refractivity contribution in [3.63, 3.8) is 0 Å². The fourth-order valence-electron chi connectivity index (χ4n) is 1.51. The minimum absolute atomic E-state index is 0. The van der Waals surface area contributed by atoms with Crippen molar-refractivity contribution in [3.8, 4) is 5.75 Å². The number of ether oxygens (including phenoxy) is 2. The molecule has 132 valence electrons. The lowest BCUT2D eigenvalue weighted by atomic mass is 10.2. The van der Waals surface area contributed by atoms with Crippen LogP contribution in [0.15, 0.2) is 18.2 Å². The predicted molar refractivity (Wildman–Crippen MR) is 92.4 cm³/mol. The number of halogens is 2. The van der Waals surface area contributed by atoms with Crippen LogP contribution in [0.25, 0.3) is 0 Å². The van der Waals surface area contributed by atoms with Crippen molar-refractivity contribution >= 4 is 45.4 Å². The van der Waals surface area contributed by atoms with Crippen LogP contribution in [0, 0.1) is 0 Å². The molecular formula is C13H20Cl2N2O5S. The number of methoxy groups -OCH3 is 1. The predicted octanol–water partition coefficient (Wildman–Crippen LogP) is 1.10. The summed E-state index contributed by atoms with van der Waals surface area (Å²) in [6.45, 7) is 0.0319. The molecule has 3 N–H and O–H groups in total. The lowest BCUT2D eigenvalue weighted by Gasteiger charge is -2.15. The number of amides is 1. The van der Waals surface area contributed by atoms with Gasteiger partial charge >= 0.3 is 0 Å². The Morgan fingerprint density at radius 3 is 2.65 bits per heavy atom. The minimum atomic E-state index is -3.13. The average Bonchev–Trinajstić information content (AvgIpc) is 2.40. The Morgan fingerprint density at radius 1 is 1.43 bits per heavy atom. The lowest BCUT2D eigenvalue weighted by Crippen LogP contribution is -2.39. The largest absolute Gasteiger partial charge is 0.490 e. The number of nitrogens with two attached hydrogens (primary N) is 1. The third kappa shape index (κ3) is 8.38. The van der Waals surface area contributed by atoms with Crippen molar-refractivity contribution in [2.75, 3.05) is 37.6 Å².